The summed E-state index contributed by atoms with van der Waals surface area (Å²) < 4.78 is 0.962. The summed E-state index contributed by atoms with van der Waals surface area (Å²) in [5.74, 6) is -0.736. The van der Waals surface area contributed by atoms with Crippen molar-refractivity contribution in [1.29, 1.82) is 0 Å². The van der Waals surface area contributed by atoms with Crippen molar-refractivity contribution in [3.05, 3.63) is 97.9 Å². The van der Waals surface area contributed by atoms with Gasteiger partial charge in [0.25, 0.3) is 11.8 Å². The molecule has 3 aromatic carbocycles. The van der Waals surface area contributed by atoms with Gasteiger partial charge in [-0.1, -0.05) is 51.3 Å². The number of halogens is 3. The maximum Gasteiger partial charge on any atom is 0.271 e. The summed E-state index contributed by atoms with van der Waals surface area (Å²) in [7, 11) is 0. The van der Waals surface area contributed by atoms with E-state index in [4.69, 9.17) is 23.2 Å². The normalized spacial score (nSPS) is 10.7. The van der Waals surface area contributed by atoms with Crippen LogP contribution in [0.2, 0.25) is 10.0 Å². The number of nitrogens with zero attached hydrogens (tertiary/aromatic N) is 1. The molecular weight excluding hydrogens is 477 g/mol. The predicted octanol–water partition coefficient (Wildman–Crippen LogP) is 5.77. The van der Waals surface area contributed by atoms with Crippen LogP contribution in [-0.2, 0) is 0 Å². The number of hydrazone groups is 1. The highest BCUT2D eigenvalue weighted by Crippen LogP contribution is 2.22. The second kappa shape index (κ2) is 9.69. The van der Waals surface area contributed by atoms with Gasteiger partial charge in [0.15, 0.2) is 0 Å². The van der Waals surface area contributed by atoms with E-state index in [1.807, 2.05) is 24.3 Å². The molecule has 0 unspecified atom stereocenters. The van der Waals surface area contributed by atoms with Crippen LogP contribution in [0, 0.1) is 0 Å². The predicted molar refractivity (Wildman–Crippen MR) is 120 cm³/mol. The third kappa shape index (κ3) is 5.90. The van der Waals surface area contributed by atoms with Crippen molar-refractivity contribution in [1.82, 2.24) is 5.43 Å². The summed E-state index contributed by atoms with van der Waals surface area (Å²) in [6, 6.07) is 18.5. The van der Waals surface area contributed by atoms with E-state index < -0.39 is 0 Å². The molecule has 0 aliphatic carbocycles. The Labute approximate surface area is 185 Å². The zero-order valence-corrected chi connectivity index (χ0v) is 17.9. The molecular formula is C21H14BrCl2N3O2. The van der Waals surface area contributed by atoms with E-state index in [0.29, 0.717) is 21.8 Å². The van der Waals surface area contributed by atoms with Gasteiger partial charge in [-0.3, -0.25) is 9.59 Å². The van der Waals surface area contributed by atoms with Crippen LogP contribution >= 0.6 is 39.1 Å². The molecule has 0 heterocycles. The van der Waals surface area contributed by atoms with Gasteiger partial charge in [-0.05, 0) is 60.2 Å². The van der Waals surface area contributed by atoms with Crippen molar-refractivity contribution in [3.8, 4) is 0 Å². The number of rotatable bonds is 5. The van der Waals surface area contributed by atoms with Crippen LogP contribution in [0.15, 0.2) is 76.3 Å². The van der Waals surface area contributed by atoms with E-state index in [-0.39, 0.29) is 16.8 Å². The third-order valence-corrected chi connectivity index (χ3v) is 4.91. The SMILES string of the molecule is O=C(N/N=C\c1ccc(Br)cc1)c1ccc(NC(=O)c2ccc(Cl)cc2Cl)cc1. The quantitative estimate of drug-likeness (QED) is 0.352. The van der Waals surface area contributed by atoms with Crippen molar-refractivity contribution in [2.24, 2.45) is 5.10 Å². The Morgan fingerprint density at radius 3 is 2.24 bits per heavy atom. The molecule has 3 aromatic rings. The van der Waals surface area contributed by atoms with Crippen molar-refractivity contribution in [3.63, 3.8) is 0 Å². The topological polar surface area (TPSA) is 70.6 Å². The molecule has 0 fully saturated rings. The number of hydrogen-bond donors (Lipinski definition) is 2. The molecule has 0 aromatic heterocycles. The molecule has 0 spiro atoms. The number of carbonyl (C=O) groups excluding carboxylic acids is 2. The minimum absolute atomic E-state index is 0.259. The number of anilines is 1. The second-order valence-corrected chi connectivity index (χ2v) is 7.67. The van der Waals surface area contributed by atoms with Gasteiger partial charge in [-0.25, -0.2) is 5.43 Å². The zero-order valence-electron chi connectivity index (χ0n) is 14.8. The number of benzene rings is 3. The summed E-state index contributed by atoms with van der Waals surface area (Å²) >= 11 is 15.2. The minimum atomic E-state index is -0.372. The maximum atomic E-state index is 12.3. The standard InChI is InChI=1S/C21H14BrCl2N3O2/c22-15-5-1-13(2-6-15)12-25-27-20(28)14-3-8-17(9-4-14)26-21(29)18-10-7-16(23)11-19(18)24/h1-12H,(H,26,29)(H,27,28)/b25-12-. The van der Waals surface area contributed by atoms with Crippen molar-refractivity contribution in [2.45, 2.75) is 0 Å². The highest BCUT2D eigenvalue weighted by Gasteiger charge is 2.11. The van der Waals surface area contributed by atoms with Crippen LogP contribution in [0.4, 0.5) is 5.69 Å². The third-order valence-electron chi connectivity index (χ3n) is 3.83. The molecule has 5 nitrogen and oxygen atoms in total. The second-order valence-electron chi connectivity index (χ2n) is 5.91. The Balaban J connectivity index is 1.59. The van der Waals surface area contributed by atoms with Crippen LogP contribution in [0.25, 0.3) is 0 Å². The summed E-state index contributed by atoms with van der Waals surface area (Å²) in [5, 5.41) is 7.37. The molecule has 29 heavy (non-hydrogen) atoms. The first-order valence-corrected chi connectivity index (χ1v) is 9.93. The smallest absolute Gasteiger partial charge is 0.271 e. The highest BCUT2D eigenvalue weighted by atomic mass is 79.9. The molecule has 0 saturated heterocycles. The average Bonchev–Trinajstić information content (AvgIpc) is 2.70. The van der Waals surface area contributed by atoms with Crippen molar-refractivity contribution < 1.29 is 9.59 Å². The molecule has 3 rings (SSSR count). The Hall–Kier alpha value is -2.67. The highest BCUT2D eigenvalue weighted by molar-refractivity contribution is 9.10. The lowest BCUT2D eigenvalue weighted by atomic mass is 10.1. The van der Waals surface area contributed by atoms with E-state index in [1.165, 1.54) is 6.07 Å². The lowest BCUT2D eigenvalue weighted by Gasteiger charge is -2.08. The summed E-state index contributed by atoms with van der Waals surface area (Å²) in [5.41, 5.74) is 4.55. The monoisotopic (exact) mass is 489 g/mol. The summed E-state index contributed by atoms with van der Waals surface area (Å²) in [6.45, 7) is 0. The molecule has 2 amide bonds. The van der Waals surface area contributed by atoms with Gasteiger partial charge >= 0.3 is 0 Å². The van der Waals surface area contributed by atoms with E-state index in [9.17, 15) is 9.59 Å². The van der Waals surface area contributed by atoms with Gasteiger partial charge in [-0.2, -0.15) is 5.10 Å². The Morgan fingerprint density at radius 2 is 1.59 bits per heavy atom. The van der Waals surface area contributed by atoms with Gasteiger partial charge < -0.3 is 5.32 Å². The fourth-order valence-corrected chi connectivity index (χ4v) is 3.11. The van der Waals surface area contributed by atoms with E-state index in [1.54, 1.807) is 42.6 Å². The van der Waals surface area contributed by atoms with Crippen LogP contribution in [0.3, 0.4) is 0 Å². The minimum Gasteiger partial charge on any atom is -0.322 e. The molecule has 0 saturated carbocycles. The lowest BCUT2D eigenvalue weighted by molar-refractivity contribution is 0.0954. The van der Waals surface area contributed by atoms with E-state index >= 15 is 0 Å². The first kappa shape index (κ1) is 21.0. The van der Waals surface area contributed by atoms with Crippen molar-refractivity contribution >= 4 is 62.8 Å². The molecule has 0 atom stereocenters. The Bertz CT molecular complexity index is 1070. The number of amides is 2. The Kier molecular flexibility index (Phi) is 7.04. The van der Waals surface area contributed by atoms with Crippen LogP contribution in [-0.4, -0.2) is 18.0 Å². The molecule has 0 aliphatic heterocycles. The lowest BCUT2D eigenvalue weighted by Crippen LogP contribution is -2.18. The number of hydrogen-bond acceptors (Lipinski definition) is 3. The van der Waals surface area contributed by atoms with Gasteiger partial charge in [0.1, 0.15) is 0 Å². The maximum absolute atomic E-state index is 12.3. The van der Waals surface area contributed by atoms with Crippen LogP contribution in [0.5, 0.6) is 0 Å². The molecule has 0 radical (unpaired) electrons. The zero-order chi connectivity index (χ0) is 20.8. The summed E-state index contributed by atoms with van der Waals surface area (Å²) in [6.07, 6.45) is 1.55. The molecule has 0 bridgehead atoms. The summed E-state index contributed by atoms with van der Waals surface area (Å²) in [4.78, 5) is 24.5. The van der Waals surface area contributed by atoms with Gasteiger partial charge in [0.05, 0.1) is 16.8 Å². The molecule has 8 heteroatoms. The molecule has 2 N–H and O–H groups in total. The number of nitrogens with one attached hydrogen (secondary N) is 2. The van der Waals surface area contributed by atoms with Crippen molar-refractivity contribution in [2.75, 3.05) is 5.32 Å². The van der Waals surface area contributed by atoms with Gasteiger partial charge in [0, 0.05) is 20.7 Å². The van der Waals surface area contributed by atoms with Gasteiger partial charge in [-0.15, -0.1) is 0 Å². The van der Waals surface area contributed by atoms with Crippen LogP contribution in [0.1, 0.15) is 26.3 Å². The largest absolute Gasteiger partial charge is 0.322 e. The average molecular weight is 491 g/mol. The molecule has 0 aliphatic rings. The Morgan fingerprint density at radius 1 is 0.897 bits per heavy atom. The first-order valence-electron chi connectivity index (χ1n) is 8.38. The van der Waals surface area contributed by atoms with Gasteiger partial charge in [0.2, 0.25) is 0 Å². The first-order chi connectivity index (χ1) is 13.9. The van der Waals surface area contributed by atoms with E-state index in [0.717, 1.165) is 10.0 Å². The fraction of sp³-hybridized carbons (Fsp3) is 0. The number of carbonyl (C=O) groups is 2. The van der Waals surface area contributed by atoms with E-state index in [2.05, 4.69) is 31.8 Å². The van der Waals surface area contributed by atoms with Crippen LogP contribution < -0.4 is 10.7 Å². The molecule has 146 valence electrons. The fourth-order valence-electron chi connectivity index (χ4n) is 2.36.